The van der Waals surface area contributed by atoms with Gasteiger partial charge in [0.25, 0.3) is 17.4 Å². The number of hydrogen-bond donors (Lipinski definition) is 7. The first-order valence-electron chi connectivity index (χ1n) is 41.0. The molecule has 3 aliphatic heterocycles. The molecule has 5 heterocycles. The smallest absolute Gasteiger partial charge is 0.407 e. The number of carbonyl (C=O) groups excluding carboxylic acids is 19. The number of aliphatic hydroxyl groups is 1. The molecule has 2 aromatic carbocycles. The van der Waals surface area contributed by atoms with Crippen LogP contribution in [0.5, 0.6) is 0 Å². The van der Waals surface area contributed by atoms with E-state index >= 15 is 4.39 Å². The highest BCUT2D eigenvalue weighted by Crippen LogP contribution is 2.46. The van der Waals surface area contributed by atoms with Crippen molar-refractivity contribution in [3.8, 4) is 11.4 Å². The van der Waals surface area contributed by atoms with Crippen molar-refractivity contribution < 1.29 is 110 Å². The number of halogens is 1. The Morgan fingerprint density at radius 2 is 1.09 bits per heavy atom. The predicted octanol–water partition coefficient (Wildman–Crippen LogP) is -2.67. The standard InChI is InChI=1S/C84H111FN20O23/c1-17-84(126)55-29-60-77-53(32-104(60)80(122)54(55)45-127-81(84)123)75-57(24-23-52-47(4)56(85)30-59(88-77)74(52)75)90-83(125)128-44-49-21-22-51(87-78(120)58(20-18-19-27-86)89-79(121)76(46(2)3)92-82(124)91-61(107)33-105-62(108)25-26-63(105)109)28-50(49)31-94(7)65(111)35-96(9)67(113)37-98(11)69(115)39-100(13)71(117)41-102(15)73(119)43-103(16)72(118)42-101(14)70(116)40-99(12)68(114)38-97(10)66(112)36-95(8)64(110)34-93(6)48(5)106/h21-22,25-26,28-30,46,57-58,76,126H,17-20,23-24,27,31-45,86H2,1-16H3,(H,87,120)(H,89,121)(H,90,125)(H2,91,92,107,124)/t57-,58-,76-,84-/m0/s1. The molecule has 0 radical (unpaired) electrons. The molecule has 0 spiro atoms. The molecule has 4 aliphatic rings. The van der Waals surface area contributed by atoms with Gasteiger partial charge in [0.1, 0.15) is 37.7 Å². The number of nitrogens with two attached hydrogens (primary N) is 1. The first kappa shape index (κ1) is 99.7. The number of likely N-dealkylation sites (N-methyl/N-ethyl adjacent to an activating group) is 11. The number of esters is 1. The molecule has 8 rings (SSSR count). The van der Waals surface area contributed by atoms with E-state index in [-0.39, 0.29) is 103 Å². The largest absolute Gasteiger partial charge is 0.458 e. The zero-order valence-corrected chi connectivity index (χ0v) is 74.6. The van der Waals surface area contributed by atoms with E-state index in [1.807, 2.05) is 5.32 Å². The summed E-state index contributed by atoms with van der Waals surface area (Å²) in [5.74, 6) is -13.4. The summed E-state index contributed by atoms with van der Waals surface area (Å²) in [6, 6.07) is 2.53. The summed E-state index contributed by atoms with van der Waals surface area (Å²) in [5.41, 5.74) is 6.58. The number of pyridine rings is 2. The van der Waals surface area contributed by atoms with Crippen molar-refractivity contribution in [1.82, 2.24) is 89.6 Å². The summed E-state index contributed by atoms with van der Waals surface area (Å²) in [4.78, 5) is 282. The van der Waals surface area contributed by atoms with E-state index in [1.54, 1.807) is 27.7 Å². The fourth-order valence-corrected chi connectivity index (χ4v) is 14.4. The SMILES string of the molecule is CC[C@@]1(O)C(=O)OCc2c1cc1n(c2=O)Cc2c-1nc1cc(F)c(C)c3c1c2[C@@H](NC(=O)OCc1ccc(NC(=O)[C@H](CCCCN)NC(=O)[C@@H](NC(=O)NC(=O)CN2C(=O)C=CC2=O)C(C)C)cc1CN(C)C(=O)CN(C)C(=O)CN(C)C(=O)CN(C)C(=O)CN(C)C(=O)CN(C)C(=O)CN(C)C(=O)CN(C)C(=O)CN(C)C(=O)CN(C)C(=O)CN(C)C(C)=O)CC3. The maximum atomic E-state index is 15.8. The van der Waals surface area contributed by atoms with E-state index in [0.29, 0.717) is 45.4 Å². The number of hydrogen-bond acceptors (Lipinski definition) is 25. The highest BCUT2D eigenvalue weighted by molar-refractivity contribution is 6.15. The van der Waals surface area contributed by atoms with Crippen LogP contribution in [0.4, 0.5) is 19.7 Å². The normalized spacial score (nSPS) is 14.9. The van der Waals surface area contributed by atoms with E-state index in [4.69, 9.17) is 20.2 Å². The molecule has 4 aromatic rings. The monoisotopic (exact) mass is 1790 g/mol. The molecule has 1 aliphatic carbocycles. The molecule has 692 valence electrons. The highest BCUT2D eigenvalue weighted by atomic mass is 19.1. The van der Waals surface area contributed by atoms with Crippen LogP contribution in [0.1, 0.15) is 110 Å². The zero-order valence-electron chi connectivity index (χ0n) is 74.6. The van der Waals surface area contributed by atoms with E-state index in [9.17, 15) is 101 Å². The Hall–Kier alpha value is -13.7. The van der Waals surface area contributed by atoms with Crippen molar-refractivity contribution in [3.63, 3.8) is 0 Å². The number of benzene rings is 2. The van der Waals surface area contributed by atoms with Crippen LogP contribution in [0.25, 0.3) is 22.3 Å². The van der Waals surface area contributed by atoms with Crippen LogP contribution in [0, 0.1) is 18.7 Å². The Bertz CT molecular complexity index is 5210. The number of aryl methyl sites for hydroxylation is 1. The highest BCUT2D eigenvalue weighted by Gasteiger charge is 2.47. The fraction of sp³-hybridized carbons (Fsp3) is 0.512. The van der Waals surface area contributed by atoms with Gasteiger partial charge in [-0.05, 0) is 104 Å². The van der Waals surface area contributed by atoms with Gasteiger partial charge in [0.05, 0.1) is 101 Å². The molecule has 8 N–H and O–H groups in total. The van der Waals surface area contributed by atoms with Crippen molar-refractivity contribution >= 4 is 129 Å². The number of urea groups is 1. The molecule has 19 amide bonds. The Kier molecular flexibility index (Phi) is 33.5. The summed E-state index contributed by atoms with van der Waals surface area (Å²) < 4.78 is 28.5. The van der Waals surface area contributed by atoms with E-state index < -0.39 is 226 Å². The molecule has 2 aromatic heterocycles. The lowest BCUT2D eigenvalue weighted by Gasteiger charge is -2.31. The number of rotatable bonds is 38. The summed E-state index contributed by atoms with van der Waals surface area (Å²) in [7, 11) is 14.5. The minimum absolute atomic E-state index is 0.0166. The average molecular weight is 1790 g/mol. The molecule has 0 bridgehead atoms. The van der Waals surface area contributed by atoms with Crippen molar-refractivity contribution in [1.29, 1.82) is 0 Å². The van der Waals surface area contributed by atoms with Gasteiger partial charge in [-0.15, -0.1) is 0 Å². The van der Waals surface area contributed by atoms with Gasteiger partial charge in [-0.1, -0.05) is 26.8 Å². The lowest BCUT2D eigenvalue weighted by atomic mass is 9.81. The third-order valence-corrected chi connectivity index (χ3v) is 22.7. The number of ether oxygens (including phenoxy) is 2. The summed E-state index contributed by atoms with van der Waals surface area (Å²) in [6.45, 7) is 0.764. The molecule has 0 saturated heterocycles. The number of unbranched alkanes of at least 4 members (excludes halogenated alkanes) is 1. The van der Waals surface area contributed by atoms with Gasteiger partial charge in [-0.2, -0.15) is 0 Å². The van der Waals surface area contributed by atoms with Gasteiger partial charge in [0.2, 0.25) is 82.7 Å². The van der Waals surface area contributed by atoms with Crippen LogP contribution in [-0.2, 0) is 129 Å². The van der Waals surface area contributed by atoms with Gasteiger partial charge in [0.15, 0.2) is 5.60 Å². The zero-order chi connectivity index (χ0) is 95.1. The van der Waals surface area contributed by atoms with E-state index in [0.717, 1.165) is 56.3 Å². The molecular weight excluding hydrogens is 1680 g/mol. The number of nitrogens with zero attached hydrogens (tertiary/aromatic N) is 14. The molecule has 0 unspecified atom stereocenters. The lowest BCUT2D eigenvalue weighted by Crippen LogP contribution is -2.57. The predicted molar refractivity (Wildman–Crippen MR) is 453 cm³/mol. The second-order valence-electron chi connectivity index (χ2n) is 32.7. The molecule has 4 atom stereocenters. The number of imide groups is 2. The van der Waals surface area contributed by atoms with E-state index in [1.165, 1.54) is 129 Å². The number of carbonyl (C=O) groups is 19. The van der Waals surface area contributed by atoms with Crippen LogP contribution in [-0.4, -0.2) is 354 Å². The van der Waals surface area contributed by atoms with Gasteiger partial charge in [-0.25, -0.2) is 23.8 Å². The molecule has 128 heavy (non-hydrogen) atoms. The average Bonchev–Trinajstić information content (AvgIpc) is 1.54. The first-order valence-corrected chi connectivity index (χ1v) is 41.0. The first-order chi connectivity index (χ1) is 60.1. The summed E-state index contributed by atoms with van der Waals surface area (Å²) in [5, 5.41) is 25.0. The molecule has 43 nitrogen and oxygen atoms in total. The van der Waals surface area contributed by atoms with E-state index in [2.05, 4.69) is 21.3 Å². The van der Waals surface area contributed by atoms with Crippen LogP contribution >= 0.6 is 0 Å². The number of cyclic esters (lactones) is 1. The number of amides is 19. The summed E-state index contributed by atoms with van der Waals surface area (Å²) >= 11 is 0. The van der Waals surface area contributed by atoms with Crippen LogP contribution < -0.4 is 37.9 Å². The van der Waals surface area contributed by atoms with Gasteiger partial charge >= 0.3 is 18.1 Å². The number of fused-ring (bicyclic) bond motifs is 5. The second kappa shape index (κ2) is 43.0. The Morgan fingerprint density at radius 3 is 1.55 bits per heavy atom. The number of nitrogens with one attached hydrogen (secondary N) is 5. The third-order valence-electron chi connectivity index (χ3n) is 22.7. The Balaban J connectivity index is 0.907. The number of aromatic nitrogens is 2. The number of anilines is 1. The second-order valence-corrected chi connectivity index (χ2v) is 32.7. The number of alkyl carbamates (subject to hydrolysis) is 1. The van der Waals surface area contributed by atoms with Gasteiger partial charge in [-0.3, -0.25) is 91.7 Å². The minimum Gasteiger partial charge on any atom is -0.458 e. The van der Waals surface area contributed by atoms with Crippen LogP contribution in [0.3, 0.4) is 0 Å². The van der Waals surface area contributed by atoms with Gasteiger partial charge in [0, 0.05) is 131 Å². The van der Waals surface area contributed by atoms with Crippen molar-refractivity contribution in [3.05, 3.63) is 103 Å². The summed E-state index contributed by atoms with van der Waals surface area (Å²) in [6.07, 6.45) is 2.05. The lowest BCUT2D eigenvalue weighted by molar-refractivity contribution is -0.172. The molecule has 0 saturated carbocycles. The maximum absolute atomic E-state index is 15.8. The third kappa shape index (κ3) is 24.3. The van der Waals surface area contributed by atoms with Crippen molar-refractivity contribution in [2.45, 2.75) is 123 Å². The van der Waals surface area contributed by atoms with Crippen molar-refractivity contribution in [2.24, 2.45) is 11.7 Å². The van der Waals surface area contributed by atoms with Gasteiger partial charge < -0.3 is 100 Å². The molecule has 0 fully saturated rings. The fourth-order valence-electron chi connectivity index (χ4n) is 14.4. The quantitative estimate of drug-likeness (QED) is 0.0120. The minimum atomic E-state index is -2.15. The van der Waals surface area contributed by atoms with Crippen molar-refractivity contribution in [2.75, 3.05) is 161 Å². The van der Waals surface area contributed by atoms with Crippen LogP contribution in [0.15, 0.2) is 47.3 Å². The maximum Gasteiger partial charge on any atom is 0.407 e. The molecule has 44 heteroatoms. The van der Waals surface area contributed by atoms with Crippen LogP contribution in [0.2, 0.25) is 0 Å². The Labute approximate surface area is 736 Å². The molecular formula is C84H111FN20O23. The topological polar surface area (TPSA) is 523 Å². The Morgan fingerprint density at radius 1 is 0.617 bits per heavy atom.